The summed E-state index contributed by atoms with van der Waals surface area (Å²) in [6.07, 6.45) is -0.383. The Morgan fingerprint density at radius 2 is 1.97 bits per heavy atom. The van der Waals surface area contributed by atoms with Gasteiger partial charge in [0.25, 0.3) is 0 Å². The van der Waals surface area contributed by atoms with Crippen molar-refractivity contribution in [3.8, 4) is 5.75 Å². The fourth-order valence-electron chi connectivity index (χ4n) is 3.12. The van der Waals surface area contributed by atoms with Crippen molar-refractivity contribution in [3.05, 3.63) is 65.2 Å². The van der Waals surface area contributed by atoms with Gasteiger partial charge in [-0.25, -0.2) is 4.79 Å². The lowest BCUT2D eigenvalue weighted by Crippen LogP contribution is -2.49. The molecule has 3 aromatic rings. The minimum Gasteiger partial charge on any atom is -0.407 e. The van der Waals surface area contributed by atoms with Crippen LogP contribution in [0.25, 0.3) is 0 Å². The van der Waals surface area contributed by atoms with Gasteiger partial charge in [0.15, 0.2) is 5.75 Å². The first kappa shape index (κ1) is 23.4. The monoisotopic (exact) mass is 494 g/mol. The van der Waals surface area contributed by atoms with Gasteiger partial charge in [0.1, 0.15) is 5.54 Å². The van der Waals surface area contributed by atoms with Gasteiger partial charge in [-0.2, -0.15) is 18.3 Å². The lowest BCUT2D eigenvalue weighted by Gasteiger charge is -2.17. The summed E-state index contributed by atoms with van der Waals surface area (Å²) in [5.74, 6) is -0.177. The molecule has 178 valence electrons. The molecule has 2 amide bonds. The number of carbonyl (C=O) groups is 2. The van der Waals surface area contributed by atoms with Crippen LogP contribution in [-0.2, 0) is 17.5 Å². The maximum Gasteiger partial charge on any atom is 0.418 e. The zero-order chi connectivity index (χ0) is 24.3. The molecule has 1 aliphatic carbocycles. The fraction of sp³-hybridized carbons (Fsp3) is 0.238. The number of hydrogen-bond donors (Lipinski definition) is 4. The van der Waals surface area contributed by atoms with Crippen molar-refractivity contribution in [3.63, 3.8) is 0 Å². The number of ether oxygens (including phenoxy) is 1. The third-order valence-corrected chi connectivity index (χ3v) is 5.27. The number of carbonyl (C=O) groups excluding carboxylic acids is 2. The van der Waals surface area contributed by atoms with E-state index in [0.717, 1.165) is 6.07 Å². The van der Waals surface area contributed by atoms with Crippen molar-refractivity contribution < 1.29 is 27.5 Å². The van der Waals surface area contributed by atoms with Crippen LogP contribution in [0.5, 0.6) is 5.75 Å². The second kappa shape index (κ2) is 9.21. The molecular formula is C21H18ClF3N6O3. The predicted octanol–water partition coefficient (Wildman–Crippen LogP) is 4.16. The number of aromatic amines is 1. The van der Waals surface area contributed by atoms with E-state index in [1.54, 1.807) is 6.07 Å². The molecule has 34 heavy (non-hydrogen) atoms. The molecule has 9 nitrogen and oxygen atoms in total. The van der Waals surface area contributed by atoms with Gasteiger partial charge in [0, 0.05) is 5.02 Å². The zero-order valence-electron chi connectivity index (χ0n) is 17.4. The average molecular weight is 495 g/mol. The molecule has 4 N–H and O–H groups in total. The largest absolute Gasteiger partial charge is 0.418 e. The second-order valence-electron chi connectivity index (χ2n) is 7.56. The number of anilines is 2. The quantitative estimate of drug-likeness (QED) is 0.391. The number of alkyl halides is 3. The predicted molar refractivity (Wildman–Crippen MR) is 116 cm³/mol. The fourth-order valence-corrected chi connectivity index (χ4v) is 3.29. The Labute approximate surface area is 196 Å². The Hall–Kier alpha value is -3.80. The average Bonchev–Trinajstić information content (AvgIpc) is 3.38. The number of H-pyrrole nitrogens is 1. The minimum absolute atomic E-state index is 0.0280. The summed E-state index contributed by atoms with van der Waals surface area (Å²) in [7, 11) is 0. The lowest BCUT2D eigenvalue weighted by molar-refractivity contribution is -0.137. The van der Waals surface area contributed by atoms with E-state index < -0.39 is 29.3 Å². The van der Waals surface area contributed by atoms with Crippen LogP contribution < -0.4 is 20.7 Å². The molecule has 0 aliphatic heterocycles. The molecule has 0 atom stereocenters. The van der Waals surface area contributed by atoms with Crippen molar-refractivity contribution in [2.24, 2.45) is 0 Å². The number of amides is 2. The van der Waals surface area contributed by atoms with Crippen molar-refractivity contribution in [1.29, 1.82) is 0 Å². The SMILES string of the molecule is O=C(NC1(C(=O)NCc2ccc(Nc3ccc(Cl)cc3C(F)(F)F)cn2)CC1)Oc1cn[nH]c1. The Balaban J connectivity index is 1.32. The molecule has 1 fully saturated rings. The van der Waals surface area contributed by atoms with Gasteiger partial charge in [0.05, 0.1) is 47.8 Å². The topological polar surface area (TPSA) is 121 Å². The first-order valence-corrected chi connectivity index (χ1v) is 10.4. The standard InChI is InChI=1S/C21H18ClF3N6O3/c22-12-1-4-17(16(7-12)21(23,24)25)30-14-3-2-13(26-9-14)8-27-18(32)20(5-6-20)31-19(33)34-15-10-28-29-11-15/h1-4,7,9-11,30H,5-6,8H2,(H,27,32)(H,28,29)(H,31,33). The van der Waals surface area contributed by atoms with Crippen molar-refractivity contribution in [2.45, 2.75) is 31.1 Å². The summed E-state index contributed by atoms with van der Waals surface area (Å²) in [4.78, 5) is 28.7. The van der Waals surface area contributed by atoms with Crippen molar-refractivity contribution in [2.75, 3.05) is 5.32 Å². The zero-order valence-corrected chi connectivity index (χ0v) is 18.1. The normalized spacial score (nSPS) is 14.2. The summed E-state index contributed by atoms with van der Waals surface area (Å²) in [5, 5.41) is 14.1. The number of hydrogen-bond acceptors (Lipinski definition) is 6. The van der Waals surface area contributed by atoms with Crippen LogP contribution >= 0.6 is 11.6 Å². The molecule has 0 radical (unpaired) electrons. The van der Waals surface area contributed by atoms with Crippen LogP contribution in [0.15, 0.2) is 48.9 Å². The first-order chi connectivity index (χ1) is 16.1. The van der Waals surface area contributed by atoms with Gasteiger partial charge >= 0.3 is 12.3 Å². The van der Waals surface area contributed by atoms with Crippen LogP contribution in [0, 0.1) is 0 Å². The molecule has 1 aliphatic rings. The first-order valence-electron chi connectivity index (χ1n) is 10.0. The molecule has 2 heterocycles. The number of aromatic nitrogens is 3. The van der Waals surface area contributed by atoms with Crippen LogP contribution in [0.4, 0.5) is 29.3 Å². The molecule has 0 saturated heterocycles. The third kappa shape index (κ3) is 5.57. The van der Waals surface area contributed by atoms with E-state index >= 15 is 0 Å². The smallest absolute Gasteiger partial charge is 0.407 e. The highest BCUT2D eigenvalue weighted by Crippen LogP contribution is 2.38. The van der Waals surface area contributed by atoms with E-state index in [1.165, 1.54) is 36.8 Å². The van der Waals surface area contributed by atoms with Crippen molar-refractivity contribution in [1.82, 2.24) is 25.8 Å². The van der Waals surface area contributed by atoms with Gasteiger partial charge < -0.3 is 20.7 Å². The van der Waals surface area contributed by atoms with E-state index in [9.17, 15) is 22.8 Å². The molecule has 13 heteroatoms. The van der Waals surface area contributed by atoms with Crippen LogP contribution in [-0.4, -0.2) is 32.7 Å². The van der Waals surface area contributed by atoms with Gasteiger partial charge in [-0.05, 0) is 43.2 Å². The van der Waals surface area contributed by atoms with Gasteiger partial charge in [-0.1, -0.05) is 11.6 Å². The highest BCUT2D eigenvalue weighted by Gasteiger charge is 2.51. The summed E-state index contributed by atoms with van der Waals surface area (Å²) < 4.78 is 44.8. The number of halogens is 4. The Bertz CT molecular complexity index is 1180. The number of nitrogens with zero attached hydrogens (tertiary/aromatic N) is 2. The summed E-state index contributed by atoms with van der Waals surface area (Å²) in [6, 6.07) is 6.53. The summed E-state index contributed by atoms with van der Waals surface area (Å²) in [6.45, 7) is 0.0636. The maximum atomic E-state index is 13.3. The third-order valence-electron chi connectivity index (χ3n) is 5.03. The maximum absolute atomic E-state index is 13.3. The number of benzene rings is 1. The molecule has 0 unspecified atom stereocenters. The van der Waals surface area contributed by atoms with Crippen LogP contribution in [0.1, 0.15) is 24.1 Å². The van der Waals surface area contributed by atoms with E-state index in [0.29, 0.717) is 24.2 Å². The molecule has 0 spiro atoms. The van der Waals surface area contributed by atoms with E-state index in [1.807, 2.05) is 0 Å². The highest BCUT2D eigenvalue weighted by atomic mass is 35.5. The molecule has 1 aromatic carbocycles. The molecule has 2 aromatic heterocycles. The number of pyridine rings is 1. The summed E-state index contributed by atoms with van der Waals surface area (Å²) >= 11 is 5.69. The number of rotatable bonds is 7. The van der Waals surface area contributed by atoms with Crippen molar-refractivity contribution >= 4 is 35.0 Å². The van der Waals surface area contributed by atoms with Crippen LogP contribution in [0.3, 0.4) is 0 Å². The number of nitrogens with one attached hydrogen (secondary N) is 4. The Morgan fingerprint density at radius 1 is 1.18 bits per heavy atom. The van der Waals surface area contributed by atoms with Gasteiger partial charge in [-0.15, -0.1) is 0 Å². The van der Waals surface area contributed by atoms with E-state index in [4.69, 9.17) is 16.3 Å². The van der Waals surface area contributed by atoms with E-state index in [-0.39, 0.29) is 23.0 Å². The van der Waals surface area contributed by atoms with Gasteiger partial charge in [-0.3, -0.25) is 14.9 Å². The molecule has 0 bridgehead atoms. The lowest BCUT2D eigenvalue weighted by atomic mass is 10.1. The van der Waals surface area contributed by atoms with E-state index in [2.05, 4.69) is 31.1 Å². The van der Waals surface area contributed by atoms with Gasteiger partial charge in [0.2, 0.25) is 5.91 Å². The highest BCUT2D eigenvalue weighted by molar-refractivity contribution is 6.30. The summed E-state index contributed by atoms with van der Waals surface area (Å²) in [5.41, 5.74) is -1.31. The van der Waals surface area contributed by atoms with Crippen LogP contribution in [0.2, 0.25) is 5.02 Å². The minimum atomic E-state index is -4.58. The molecule has 1 saturated carbocycles. The Kier molecular flexibility index (Phi) is 6.33. The second-order valence-corrected chi connectivity index (χ2v) is 8.00. The molecular weight excluding hydrogens is 477 g/mol. The Morgan fingerprint density at radius 3 is 2.59 bits per heavy atom. The molecule has 4 rings (SSSR count).